The molecule has 0 spiro atoms. The molecule has 0 saturated carbocycles. The average molecular weight is 418 g/mol. The van der Waals surface area contributed by atoms with Gasteiger partial charge in [0.2, 0.25) is 0 Å². The molecule has 0 fully saturated rings. The summed E-state index contributed by atoms with van der Waals surface area (Å²) in [5, 5.41) is 19.5. The van der Waals surface area contributed by atoms with Crippen LogP contribution in [0.25, 0.3) is 0 Å². The number of hydrogen-bond donors (Lipinski definition) is 4. The summed E-state index contributed by atoms with van der Waals surface area (Å²) in [4.78, 5) is 12.9. The number of allylic oxidation sites excluding steroid dienone is 1. The molecule has 1 aliphatic rings. The number of phenolic OH excluding ortho intramolecular Hbond substituents is 1. The number of aromatic hydroxyl groups is 1. The quantitative estimate of drug-likeness (QED) is 0.574. The summed E-state index contributed by atoms with van der Waals surface area (Å²) in [5.74, 6) is -0.165. The minimum atomic E-state index is -0.537. The lowest BCUT2D eigenvalue weighted by atomic mass is 9.94. The van der Waals surface area contributed by atoms with Gasteiger partial charge in [0.05, 0.1) is 11.6 Å². The monoisotopic (exact) mass is 417 g/mol. The average Bonchev–Trinajstić information content (AvgIpc) is 2.56. The number of nitrogens with one attached hydrogen (secondary N) is 3. The number of rotatable bonds is 3. The highest BCUT2D eigenvalue weighted by atomic mass is 79.9. The first-order valence-electron chi connectivity index (χ1n) is 7.59. The topological polar surface area (TPSA) is 73.4 Å². The van der Waals surface area contributed by atoms with E-state index in [-0.39, 0.29) is 11.7 Å². The Bertz CT molecular complexity index is 865. The lowest BCUT2D eigenvalue weighted by Crippen LogP contribution is -2.45. The molecule has 1 atom stereocenters. The molecule has 7 heteroatoms. The van der Waals surface area contributed by atoms with E-state index in [1.165, 1.54) is 0 Å². The highest BCUT2D eigenvalue weighted by Crippen LogP contribution is 2.32. The van der Waals surface area contributed by atoms with Gasteiger partial charge in [0, 0.05) is 21.4 Å². The third-order valence-electron chi connectivity index (χ3n) is 3.86. The number of anilines is 1. The third kappa shape index (κ3) is 3.83. The molecule has 5 nitrogen and oxygen atoms in total. The van der Waals surface area contributed by atoms with Crippen molar-refractivity contribution in [2.24, 2.45) is 0 Å². The van der Waals surface area contributed by atoms with Gasteiger partial charge in [-0.25, -0.2) is 0 Å². The van der Waals surface area contributed by atoms with Crippen LogP contribution in [0.1, 0.15) is 18.5 Å². The maximum atomic E-state index is 12.9. The fourth-order valence-electron chi connectivity index (χ4n) is 2.69. The number of benzene rings is 2. The van der Waals surface area contributed by atoms with Gasteiger partial charge in [-0.15, -0.1) is 0 Å². The lowest BCUT2D eigenvalue weighted by molar-refractivity contribution is -0.113. The summed E-state index contributed by atoms with van der Waals surface area (Å²) in [6.07, 6.45) is 0. The van der Waals surface area contributed by atoms with E-state index < -0.39 is 6.04 Å². The minimum Gasteiger partial charge on any atom is -0.508 e. The van der Waals surface area contributed by atoms with Gasteiger partial charge < -0.3 is 21.1 Å². The number of hydrogen-bond acceptors (Lipinski definition) is 3. The van der Waals surface area contributed by atoms with Crippen molar-refractivity contribution >= 4 is 44.9 Å². The largest absolute Gasteiger partial charge is 0.508 e. The normalized spacial score (nSPS) is 16.9. The number of carbonyl (C=O) groups is 1. The highest BCUT2D eigenvalue weighted by Gasteiger charge is 2.31. The van der Waals surface area contributed by atoms with Crippen molar-refractivity contribution in [2.75, 3.05) is 5.32 Å². The third-order valence-corrected chi connectivity index (χ3v) is 4.61. The van der Waals surface area contributed by atoms with Crippen molar-refractivity contribution in [3.8, 4) is 5.75 Å². The molecular weight excluding hydrogens is 402 g/mol. The van der Waals surface area contributed by atoms with Gasteiger partial charge in [0.1, 0.15) is 5.75 Å². The zero-order valence-corrected chi connectivity index (χ0v) is 15.7. The molecule has 3 rings (SSSR count). The molecule has 1 heterocycles. The molecule has 0 bridgehead atoms. The second-order valence-electron chi connectivity index (χ2n) is 5.59. The Hall–Kier alpha value is -2.38. The fourth-order valence-corrected chi connectivity index (χ4v) is 3.23. The molecule has 1 aliphatic heterocycles. The van der Waals surface area contributed by atoms with Crippen molar-refractivity contribution in [3.63, 3.8) is 0 Å². The van der Waals surface area contributed by atoms with Crippen LogP contribution in [0.2, 0.25) is 0 Å². The summed E-state index contributed by atoms with van der Waals surface area (Å²) >= 11 is 8.58. The molecule has 0 unspecified atom stereocenters. The Morgan fingerprint density at radius 2 is 1.88 bits per heavy atom. The van der Waals surface area contributed by atoms with Crippen molar-refractivity contribution in [3.05, 3.63) is 69.8 Å². The summed E-state index contributed by atoms with van der Waals surface area (Å²) in [5.41, 5.74) is 2.38. The molecule has 1 amide bonds. The predicted molar refractivity (Wildman–Crippen MR) is 105 cm³/mol. The van der Waals surface area contributed by atoms with Gasteiger partial charge in [-0.1, -0.05) is 34.1 Å². The van der Waals surface area contributed by atoms with Gasteiger partial charge in [0.25, 0.3) is 5.91 Å². The summed E-state index contributed by atoms with van der Waals surface area (Å²) in [7, 11) is 0. The Morgan fingerprint density at radius 3 is 2.56 bits per heavy atom. The van der Waals surface area contributed by atoms with E-state index in [4.69, 9.17) is 12.2 Å². The van der Waals surface area contributed by atoms with Gasteiger partial charge in [-0.05, 0) is 49.5 Å². The van der Waals surface area contributed by atoms with E-state index in [0.717, 1.165) is 4.47 Å². The predicted octanol–water partition coefficient (Wildman–Crippen LogP) is 3.59. The van der Waals surface area contributed by atoms with Gasteiger partial charge in [-0.2, -0.15) is 0 Å². The van der Waals surface area contributed by atoms with Crippen LogP contribution in [0.4, 0.5) is 5.69 Å². The Balaban J connectivity index is 1.96. The first-order chi connectivity index (χ1) is 12.0. The van der Waals surface area contributed by atoms with Crippen LogP contribution in [0, 0.1) is 0 Å². The van der Waals surface area contributed by atoms with Gasteiger partial charge >= 0.3 is 0 Å². The number of carbonyl (C=O) groups excluding carboxylic acids is 1. The number of thiocarbonyl (C=S) groups is 1. The van der Waals surface area contributed by atoms with Crippen LogP contribution < -0.4 is 16.0 Å². The van der Waals surface area contributed by atoms with E-state index in [2.05, 4.69) is 31.9 Å². The number of halogens is 1. The second kappa shape index (κ2) is 7.25. The molecule has 0 saturated heterocycles. The molecule has 0 aromatic heterocycles. The van der Waals surface area contributed by atoms with Crippen molar-refractivity contribution < 1.29 is 9.90 Å². The lowest BCUT2D eigenvalue weighted by Gasteiger charge is -2.30. The van der Waals surface area contributed by atoms with Crippen LogP contribution >= 0.6 is 28.1 Å². The molecule has 128 valence electrons. The van der Waals surface area contributed by atoms with E-state index >= 15 is 0 Å². The van der Waals surface area contributed by atoms with Crippen LogP contribution in [-0.4, -0.2) is 16.1 Å². The molecule has 4 N–H and O–H groups in total. The summed E-state index contributed by atoms with van der Waals surface area (Å²) in [6.45, 7) is 1.79. The van der Waals surface area contributed by atoms with Crippen molar-refractivity contribution in [2.45, 2.75) is 13.0 Å². The minimum absolute atomic E-state index is 0.103. The molecule has 2 aromatic carbocycles. The van der Waals surface area contributed by atoms with Crippen LogP contribution in [0.15, 0.2) is 64.3 Å². The molecular formula is C18H16BrN3O2S. The Labute approximate surface area is 159 Å². The number of amides is 1. The smallest absolute Gasteiger partial charge is 0.255 e. The van der Waals surface area contributed by atoms with E-state index in [1.807, 2.05) is 12.1 Å². The standard InChI is InChI=1S/C18H16BrN3O2S/c1-10-15(17(24)21-12-8-6-11(19)7-9-12)16(22-18(25)20-10)13-4-2-3-5-14(13)23/h2-9,16,23H,1H3,(H,21,24)(H2,20,22,25)/t16-/m0/s1. The van der Waals surface area contributed by atoms with Crippen molar-refractivity contribution in [1.29, 1.82) is 0 Å². The van der Waals surface area contributed by atoms with E-state index in [1.54, 1.807) is 43.3 Å². The van der Waals surface area contributed by atoms with Crippen LogP contribution in [0.3, 0.4) is 0 Å². The molecule has 0 radical (unpaired) electrons. The SMILES string of the molecule is CC1=C(C(=O)Nc2ccc(Br)cc2)[C@H](c2ccccc2O)NC(=S)N1. The zero-order chi connectivity index (χ0) is 18.0. The Kier molecular flexibility index (Phi) is 5.06. The first-order valence-corrected chi connectivity index (χ1v) is 8.79. The first kappa shape index (κ1) is 17.4. The maximum Gasteiger partial charge on any atom is 0.255 e. The second-order valence-corrected chi connectivity index (χ2v) is 6.91. The molecule has 0 aliphatic carbocycles. The van der Waals surface area contributed by atoms with Crippen molar-refractivity contribution in [1.82, 2.24) is 10.6 Å². The van der Waals surface area contributed by atoms with Gasteiger partial charge in [0.15, 0.2) is 5.11 Å². The van der Waals surface area contributed by atoms with E-state index in [9.17, 15) is 9.90 Å². The Morgan fingerprint density at radius 1 is 1.20 bits per heavy atom. The summed E-state index contributed by atoms with van der Waals surface area (Å²) in [6, 6.07) is 13.7. The zero-order valence-electron chi connectivity index (χ0n) is 13.3. The fraction of sp³-hybridized carbons (Fsp3) is 0.111. The van der Waals surface area contributed by atoms with Crippen LogP contribution in [0.5, 0.6) is 5.75 Å². The molecule has 25 heavy (non-hydrogen) atoms. The van der Waals surface area contributed by atoms with Crippen LogP contribution in [-0.2, 0) is 4.79 Å². The molecule has 2 aromatic rings. The van der Waals surface area contributed by atoms with E-state index in [0.29, 0.717) is 27.6 Å². The highest BCUT2D eigenvalue weighted by molar-refractivity contribution is 9.10. The maximum absolute atomic E-state index is 12.9. The number of para-hydroxylation sites is 1. The summed E-state index contributed by atoms with van der Waals surface area (Å²) < 4.78 is 0.930. The van der Waals surface area contributed by atoms with Gasteiger partial charge in [-0.3, -0.25) is 4.79 Å². The number of phenols is 1.